The van der Waals surface area contributed by atoms with Crippen LogP contribution in [0.3, 0.4) is 0 Å². The first-order valence-corrected chi connectivity index (χ1v) is 17.0. The van der Waals surface area contributed by atoms with Crippen LogP contribution in [0.1, 0.15) is 49.4 Å². The predicted octanol–water partition coefficient (Wildman–Crippen LogP) is 11.9. The minimum atomic E-state index is -0.148. The molecule has 2 nitrogen and oxygen atoms in total. The van der Waals surface area contributed by atoms with E-state index in [2.05, 4.69) is 166 Å². The summed E-state index contributed by atoms with van der Waals surface area (Å²) in [6.45, 7) is 7.01. The fourth-order valence-corrected chi connectivity index (χ4v) is 7.73. The maximum absolute atomic E-state index is 5.28. The van der Waals surface area contributed by atoms with Gasteiger partial charge >= 0.3 is 0 Å². The SMILES string of the molecule is CC1C=C(c2ccc3ccccc3c2)N=C(c2ccc3c(c2)C(C)(C)c2cc(-c4cccc(-c5ccc6ccccc6c5)n4)ccc2-3)C1. The van der Waals surface area contributed by atoms with E-state index >= 15 is 0 Å². The maximum Gasteiger partial charge on any atom is 0.0709 e. The Balaban J connectivity index is 1.05. The third-order valence-electron chi connectivity index (χ3n) is 10.4. The number of fused-ring (bicyclic) bond motifs is 5. The van der Waals surface area contributed by atoms with E-state index in [0.717, 1.165) is 40.3 Å². The summed E-state index contributed by atoms with van der Waals surface area (Å²) < 4.78 is 0. The Hall–Kier alpha value is -5.60. The zero-order valence-corrected chi connectivity index (χ0v) is 27.5. The highest BCUT2D eigenvalue weighted by Gasteiger charge is 2.36. The van der Waals surface area contributed by atoms with Gasteiger partial charge in [0.05, 0.1) is 17.1 Å². The molecule has 230 valence electrons. The highest BCUT2D eigenvalue weighted by Crippen LogP contribution is 2.50. The molecule has 6 aromatic carbocycles. The smallest absolute Gasteiger partial charge is 0.0709 e. The quantitative estimate of drug-likeness (QED) is 0.193. The normalized spacial score (nSPS) is 16.4. The molecule has 0 N–H and O–H groups in total. The van der Waals surface area contributed by atoms with Crippen LogP contribution in [-0.2, 0) is 5.41 Å². The van der Waals surface area contributed by atoms with Crippen LogP contribution in [0.25, 0.3) is 60.9 Å². The topological polar surface area (TPSA) is 25.2 Å². The van der Waals surface area contributed by atoms with Crippen molar-refractivity contribution in [1.29, 1.82) is 0 Å². The molecule has 1 aliphatic carbocycles. The highest BCUT2D eigenvalue weighted by atomic mass is 14.8. The van der Waals surface area contributed by atoms with Gasteiger partial charge in [0.2, 0.25) is 0 Å². The Morgan fingerprint density at radius 3 is 1.71 bits per heavy atom. The van der Waals surface area contributed by atoms with Crippen molar-refractivity contribution in [2.45, 2.75) is 32.6 Å². The average Bonchev–Trinajstić information content (AvgIpc) is 3.36. The van der Waals surface area contributed by atoms with Gasteiger partial charge in [-0.25, -0.2) is 4.98 Å². The molecule has 2 heterocycles. The number of hydrogen-bond donors (Lipinski definition) is 0. The fourth-order valence-electron chi connectivity index (χ4n) is 7.73. The third-order valence-corrected chi connectivity index (χ3v) is 10.4. The molecule has 9 rings (SSSR count). The van der Waals surface area contributed by atoms with Gasteiger partial charge in [0.15, 0.2) is 0 Å². The third kappa shape index (κ3) is 4.79. The molecule has 1 unspecified atom stereocenters. The molecule has 48 heavy (non-hydrogen) atoms. The Kier molecular flexibility index (Phi) is 6.55. The number of allylic oxidation sites excluding steroid dienone is 1. The van der Waals surface area contributed by atoms with E-state index in [-0.39, 0.29) is 5.41 Å². The number of aliphatic imine (C=N–C) groups is 1. The van der Waals surface area contributed by atoms with Gasteiger partial charge in [0, 0.05) is 27.8 Å². The van der Waals surface area contributed by atoms with Gasteiger partial charge in [-0.2, -0.15) is 0 Å². The molecule has 0 bridgehead atoms. The van der Waals surface area contributed by atoms with Gasteiger partial charge in [0.1, 0.15) is 0 Å². The van der Waals surface area contributed by atoms with Gasteiger partial charge < -0.3 is 0 Å². The van der Waals surface area contributed by atoms with Gasteiger partial charge in [-0.05, 0) is 98.1 Å². The van der Waals surface area contributed by atoms with E-state index in [1.807, 2.05) is 0 Å². The summed E-state index contributed by atoms with van der Waals surface area (Å²) in [4.78, 5) is 10.4. The molecule has 2 heteroatoms. The lowest BCUT2D eigenvalue weighted by molar-refractivity contribution is 0.660. The molecular weight excluding hydrogens is 581 g/mol. The lowest BCUT2D eigenvalue weighted by Gasteiger charge is -2.24. The molecule has 1 aromatic heterocycles. The van der Waals surface area contributed by atoms with Crippen molar-refractivity contribution in [3.63, 3.8) is 0 Å². The average molecular weight is 617 g/mol. The fraction of sp³-hybridized carbons (Fsp3) is 0.130. The van der Waals surface area contributed by atoms with Crippen molar-refractivity contribution >= 4 is 33.0 Å². The number of nitrogens with zero attached hydrogens (tertiary/aromatic N) is 2. The first-order chi connectivity index (χ1) is 23.4. The summed E-state index contributed by atoms with van der Waals surface area (Å²) in [6.07, 6.45) is 3.26. The minimum Gasteiger partial charge on any atom is -0.253 e. The van der Waals surface area contributed by atoms with Crippen LogP contribution >= 0.6 is 0 Å². The summed E-state index contributed by atoms with van der Waals surface area (Å²) in [5.41, 5.74) is 14.1. The molecule has 1 aliphatic heterocycles. The molecule has 0 radical (unpaired) electrons. The summed E-state index contributed by atoms with van der Waals surface area (Å²) in [5.74, 6) is 0.415. The number of pyridine rings is 1. The summed E-state index contributed by atoms with van der Waals surface area (Å²) in [6, 6.07) is 50.6. The van der Waals surface area contributed by atoms with E-state index in [4.69, 9.17) is 9.98 Å². The minimum absolute atomic E-state index is 0.148. The largest absolute Gasteiger partial charge is 0.253 e. The Bertz CT molecular complexity index is 2480. The van der Waals surface area contributed by atoms with Crippen LogP contribution in [0.5, 0.6) is 0 Å². The predicted molar refractivity (Wildman–Crippen MR) is 202 cm³/mol. The van der Waals surface area contributed by atoms with Gasteiger partial charge in [-0.1, -0.05) is 130 Å². The van der Waals surface area contributed by atoms with Crippen molar-refractivity contribution in [3.05, 3.63) is 168 Å². The first-order valence-electron chi connectivity index (χ1n) is 17.0. The van der Waals surface area contributed by atoms with E-state index in [1.165, 1.54) is 54.9 Å². The maximum atomic E-state index is 5.28. The summed E-state index contributed by atoms with van der Waals surface area (Å²) in [7, 11) is 0. The Morgan fingerprint density at radius 2 is 1.04 bits per heavy atom. The molecule has 1 atom stereocenters. The molecule has 0 amide bonds. The first kappa shape index (κ1) is 28.6. The van der Waals surface area contributed by atoms with Gasteiger partial charge in [0.25, 0.3) is 0 Å². The molecule has 0 saturated carbocycles. The van der Waals surface area contributed by atoms with Crippen molar-refractivity contribution < 1.29 is 0 Å². The molecule has 7 aromatic rings. The van der Waals surface area contributed by atoms with E-state index < -0.39 is 0 Å². The molecule has 0 spiro atoms. The Morgan fingerprint density at radius 1 is 0.521 bits per heavy atom. The summed E-state index contributed by atoms with van der Waals surface area (Å²) in [5, 5.41) is 4.98. The van der Waals surface area contributed by atoms with Crippen molar-refractivity contribution in [2.24, 2.45) is 10.9 Å². The Labute approximate surface area is 282 Å². The number of rotatable bonds is 4. The monoisotopic (exact) mass is 616 g/mol. The van der Waals surface area contributed by atoms with Crippen LogP contribution < -0.4 is 0 Å². The van der Waals surface area contributed by atoms with E-state index in [1.54, 1.807) is 0 Å². The highest BCUT2D eigenvalue weighted by molar-refractivity contribution is 6.06. The zero-order valence-electron chi connectivity index (χ0n) is 27.5. The molecule has 2 aliphatic rings. The molecule has 0 saturated heterocycles. The van der Waals surface area contributed by atoms with E-state index in [0.29, 0.717) is 5.92 Å². The number of aromatic nitrogens is 1. The van der Waals surface area contributed by atoms with Crippen LogP contribution in [-0.4, -0.2) is 10.7 Å². The van der Waals surface area contributed by atoms with Crippen LogP contribution in [0.2, 0.25) is 0 Å². The van der Waals surface area contributed by atoms with Crippen molar-refractivity contribution in [1.82, 2.24) is 4.98 Å². The lowest BCUT2D eigenvalue weighted by Crippen LogP contribution is -2.17. The second kappa shape index (κ2) is 11.0. The van der Waals surface area contributed by atoms with Crippen molar-refractivity contribution in [2.75, 3.05) is 0 Å². The van der Waals surface area contributed by atoms with E-state index in [9.17, 15) is 0 Å². The van der Waals surface area contributed by atoms with Gasteiger partial charge in [-0.3, -0.25) is 4.99 Å². The second-order valence-corrected chi connectivity index (χ2v) is 14.0. The van der Waals surface area contributed by atoms with Crippen LogP contribution in [0, 0.1) is 5.92 Å². The number of benzene rings is 6. The summed E-state index contributed by atoms with van der Waals surface area (Å²) >= 11 is 0. The number of hydrogen-bond acceptors (Lipinski definition) is 2. The lowest BCUT2D eigenvalue weighted by atomic mass is 9.80. The molecule has 0 fully saturated rings. The van der Waals surface area contributed by atoms with Gasteiger partial charge in [-0.15, -0.1) is 0 Å². The van der Waals surface area contributed by atoms with Crippen molar-refractivity contribution in [3.8, 4) is 33.6 Å². The standard InChI is InChI=1S/C46H36N2/c1-29-23-44(35-18-16-31-10-5-7-12-33(31)26-35)48-45(24-29)37-20-22-39-38-21-19-36(27-40(38)46(2,3)41(39)28-37)43-14-8-13-42(47-43)34-17-15-30-9-4-6-11-32(30)25-34/h4-23,25-29H,24H2,1-3H3. The molecular formula is C46H36N2. The zero-order chi connectivity index (χ0) is 32.4. The van der Waals surface area contributed by atoms with Crippen LogP contribution in [0.4, 0.5) is 0 Å². The van der Waals surface area contributed by atoms with Crippen LogP contribution in [0.15, 0.2) is 151 Å². The second-order valence-electron chi connectivity index (χ2n) is 14.0.